The number of halogens is 3. The molecule has 0 bridgehead atoms. The second kappa shape index (κ2) is 10.3. The van der Waals surface area contributed by atoms with Gasteiger partial charge in [0.05, 0.1) is 24.5 Å². The Labute approximate surface area is 196 Å². The van der Waals surface area contributed by atoms with E-state index in [0.717, 1.165) is 17.8 Å². The van der Waals surface area contributed by atoms with Crippen molar-refractivity contribution in [2.45, 2.75) is 20.0 Å². The Bertz CT molecular complexity index is 1140. The average Bonchev–Trinajstić information content (AvgIpc) is 3.45. The van der Waals surface area contributed by atoms with Crippen molar-refractivity contribution in [2.24, 2.45) is 5.92 Å². The van der Waals surface area contributed by atoms with E-state index in [1.165, 1.54) is 31.5 Å². The van der Waals surface area contributed by atoms with Crippen LogP contribution in [0.4, 0.5) is 13.9 Å². The first-order chi connectivity index (χ1) is 15.9. The Morgan fingerprint density at radius 1 is 1.39 bits per heavy atom. The molecular weight excluding hydrogens is 480 g/mol. The maximum absolute atomic E-state index is 13.1. The molecular formula is C20H18ClF2N5O4S. The first-order valence-electron chi connectivity index (χ1n) is 9.82. The molecule has 1 saturated heterocycles. The van der Waals surface area contributed by atoms with E-state index in [-0.39, 0.29) is 38.8 Å². The lowest BCUT2D eigenvalue weighted by molar-refractivity contribution is -0.0502. The van der Waals surface area contributed by atoms with Crippen molar-refractivity contribution >= 4 is 34.0 Å². The van der Waals surface area contributed by atoms with Gasteiger partial charge in [0.1, 0.15) is 5.15 Å². The first-order valence-corrected chi connectivity index (χ1v) is 11.0. The summed E-state index contributed by atoms with van der Waals surface area (Å²) in [4.78, 5) is 21.0. The summed E-state index contributed by atoms with van der Waals surface area (Å²) in [5.41, 5.74) is 0.629. The van der Waals surface area contributed by atoms with Crippen LogP contribution in [-0.2, 0) is 4.74 Å². The quantitative estimate of drug-likeness (QED) is 0.461. The number of nitrogens with zero attached hydrogens (tertiary/aromatic N) is 4. The Kier molecular flexibility index (Phi) is 7.26. The number of amides is 1. The van der Waals surface area contributed by atoms with Crippen molar-refractivity contribution in [1.29, 1.82) is 0 Å². The summed E-state index contributed by atoms with van der Waals surface area (Å²) in [6.45, 7) is 0.153. The number of hydrogen-bond acceptors (Lipinski definition) is 9. The standard InChI is InChI=1S/C20H18ClF2N5O4S/c1-10-16(32-18(22)23)15(12-2-4-24-14(21)6-12)13(7-25-10)17(29)26-19-27-28-20(33-19)31-9-11-3-5-30-8-11/h2,4,6-7,11,18H,3,5,8-9H2,1H3,(H,26,27,29)/t11-/m1/s1. The highest BCUT2D eigenvalue weighted by atomic mass is 35.5. The molecule has 0 aliphatic carbocycles. The van der Waals surface area contributed by atoms with Gasteiger partial charge in [-0.25, -0.2) is 4.98 Å². The van der Waals surface area contributed by atoms with Crippen molar-refractivity contribution in [2.75, 3.05) is 25.1 Å². The number of pyridine rings is 2. The molecule has 0 unspecified atom stereocenters. The van der Waals surface area contributed by atoms with E-state index in [0.29, 0.717) is 30.6 Å². The molecule has 1 aliphatic rings. The minimum atomic E-state index is -3.12. The van der Waals surface area contributed by atoms with Gasteiger partial charge >= 0.3 is 6.61 Å². The zero-order valence-corrected chi connectivity index (χ0v) is 18.8. The van der Waals surface area contributed by atoms with Crippen molar-refractivity contribution in [3.8, 4) is 22.1 Å². The molecule has 1 N–H and O–H groups in total. The number of ether oxygens (including phenoxy) is 3. The Morgan fingerprint density at radius 2 is 2.24 bits per heavy atom. The highest BCUT2D eigenvalue weighted by Crippen LogP contribution is 2.37. The van der Waals surface area contributed by atoms with Gasteiger partial charge in [-0.15, -0.1) is 5.10 Å². The van der Waals surface area contributed by atoms with Crippen LogP contribution in [-0.4, -0.2) is 52.5 Å². The third kappa shape index (κ3) is 5.70. The summed E-state index contributed by atoms with van der Waals surface area (Å²) in [5.74, 6) is -0.593. The Hall–Kier alpha value is -2.96. The average molecular weight is 498 g/mol. The third-order valence-electron chi connectivity index (χ3n) is 4.77. The zero-order valence-electron chi connectivity index (χ0n) is 17.3. The largest absolute Gasteiger partial charge is 0.469 e. The number of nitrogens with one attached hydrogen (secondary N) is 1. The van der Waals surface area contributed by atoms with Crippen molar-refractivity contribution < 1.29 is 27.8 Å². The molecule has 1 aliphatic heterocycles. The topological polar surface area (TPSA) is 108 Å². The highest BCUT2D eigenvalue weighted by molar-refractivity contribution is 7.17. The first kappa shape index (κ1) is 23.2. The number of aryl methyl sites for hydroxylation is 1. The summed E-state index contributed by atoms with van der Waals surface area (Å²) in [7, 11) is 0. The van der Waals surface area contributed by atoms with E-state index in [9.17, 15) is 13.6 Å². The lowest BCUT2D eigenvalue weighted by Crippen LogP contribution is -2.16. The molecule has 9 nitrogen and oxygen atoms in total. The number of rotatable bonds is 8. The van der Waals surface area contributed by atoms with Crippen molar-refractivity contribution in [3.63, 3.8) is 0 Å². The normalized spacial score (nSPS) is 15.6. The van der Waals surface area contributed by atoms with Crippen LogP contribution in [0.5, 0.6) is 10.9 Å². The lowest BCUT2D eigenvalue weighted by atomic mass is 9.99. The van der Waals surface area contributed by atoms with Crippen molar-refractivity contribution in [3.05, 3.63) is 40.9 Å². The fraction of sp³-hybridized carbons (Fsp3) is 0.350. The van der Waals surface area contributed by atoms with Gasteiger partial charge < -0.3 is 14.2 Å². The van der Waals surface area contributed by atoms with Crippen LogP contribution in [0.1, 0.15) is 22.5 Å². The van der Waals surface area contributed by atoms with Gasteiger partial charge in [-0.2, -0.15) is 8.78 Å². The fourth-order valence-corrected chi connectivity index (χ4v) is 4.00. The summed E-state index contributed by atoms with van der Waals surface area (Å²) < 4.78 is 41.9. The molecule has 0 spiro atoms. The van der Waals surface area contributed by atoms with Crippen LogP contribution in [0.15, 0.2) is 24.5 Å². The molecule has 1 atom stereocenters. The van der Waals surface area contributed by atoms with E-state index in [1.54, 1.807) is 0 Å². The van der Waals surface area contributed by atoms with Gasteiger partial charge in [-0.05, 0) is 42.4 Å². The fourth-order valence-electron chi connectivity index (χ4n) is 3.22. The van der Waals surface area contributed by atoms with Crippen LogP contribution in [0.25, 0.3) is 11.1 Å². The summed E-state index contributed by atoms with van der Waals surface area (Å²) in [6, 6.07) is 2.97. The number of hydrogen-bond donors (Lipinski definition) is 1. The number of carbonyl (C=O) groups is 1. The van der Waals surface area contributed by atoms with Crippen LogP contribution >= 0.6 is 22.9 Å². The molecule has 4 heterocycles. The maximum atomic E-state index is 13.1. The van der Waals surface area contributed by atoms with Gasteiger partial charge in [-0.3, -0.25) is 15.1 Å². The molecule has 174 valence electrons. The van der Waals surface area contributed by atoms with Gasteiger partial charge in [0, 0.05) is 30.5 Å². The minimum Gasteiger partial charge on any atom is -0.469 e. The van der Waals surface area contributed by atoms with E-state index in [2.05, 4.69) is 25.5 Å². The monoisotopic (exact) mass is 497 g/mol. The second-order valence-corrected chi connectivity index (χ2v) is 8.40. The zero-order chi connectivity index (χ0) is 23.4. The Morgan fingerprint density at radius 3 is 2.97 bits per heavy atom. The predicted molar refractivity (Wildman–Crippen MR) is 116 cm³/mol. The molecule has 3 aromatic rings. The second-order valence-electron chi connectivity index (χ2n) is 7.08. The molecule has 1 amide bonds. The van der Waals surface area contributed by atoms with E-state index < -0.39 is 12.5 Å². The molecule has 33 heavy (non-hydrogen) atoms. The van der Waals surface area contributed by atoms with Crippen molar-refractivity contribution in [1.82, 2.24) is 20.2 Å². The van der Waals surface area contributed by atoms with E-state index in [4.69, 9.17) is 25.8 Å². The maximum Gasteiger partial charge on any atom is 0.387 e. The molecule has 0 saturated carbocycles. The number of carbonyl (C=O) groups excluding carboxylic acids is 1. The molecule has 0 radical (unpaired) electrons. The predicted octanol–water partition coefficient (Wildman–Crippen LogP) is 4.23. The third-order valence-corrected chi connectivity index (χ3v) is 5.73. The molecule has 1 fully saturated rings. The van der Waals surface area contributed by atoms with Crippen LogP contribution in [0, 0.1) is 12.8 Å². The van der Waals surface area contributed by atoms with Crippen LogP contribution < -0.4 is 14.8 Å². The molecule has 13 heteroatoms. The van der Waals surface area contributed by atoms with Gasteiger partial charge in [0.2, 0.25) is 5.13 Å². The molecule has 0 aromatic carbocycles. The SMILES string of the molecule is Cc1ncc(C(=O)Nc2nnc(OC[C@@H]3CCOC3)s2)c(-c2ccnc(Cl)c2)c1OC(F)F. The van der Waals surface area contributed by atoms with Gasteiger partial charge in [0.15, 0.2) is 5.75 Å². The smallest absolute Gasteiger partial charge is 0.387 e. The number of anilines is 1. The summed E-state index contributed by atoms with van der Waals surface area (Å²) >= 11 is 7.02. The lowest BCUT2D eigenvalue weighted by Gasteiger charge is -2.16. The highest BCUT2D eigenvalue weighted by Gasteiger charge is 2.24. The molecule has 3 aromatic heterocycles. The number of alkyl halides is 2. The minimum absolute atomic E-state index is 0.0145. The Balaban J connectivity index is 1.59. The van der Waals surface area contributed by atoms with E-state index >= 15 is 0 Å². The van der Waals surface area contributed by atoms with Gasteiger partial charge in [-0.1, -0.05) is 16.7 Å². The van der Waals surface area contributed by atoms with E-state index in [1.807, 2.05) is 0 Å². The summed E-state index contributed by atoms with van der Waals surface area (Å²) in [6.07, 6.45) is 3.57. The summed E-state index contributed by atoms with van der Waals surface area (Å²) in [5, 5.41) is 11.0. The van der Waals surface area contributed by atoms with Crippen LogP contribution in [0.2, 0.25) is 5.15 Å². The number of aromatic nitrogens is 4. The van der Waals surface area contributed by atoms with Crippen LogP contribution in [0.3, 0.4) is 0 Å². The van der Waals surface area contributed by atoms with Gasteiger partial charge in [0.25, 0.3) is 11.1 Å². The molecule has 4 rings (SSSR count).